The summed E-state index contributed by atoms with van der Waals surface area (Å²) in [5.41, 5.74) is 3.31. The highest BCUT2D eigenvalue weighted by molar-refractivity contribution is 5.52. The molecule has 0 aliphatic carbocycles. The molecule has 1 fully saturated rings. The number of aliphatic hydroxyl groups is 1. The summed E-state index contributed by atoms with van der Waals surface area (Å²) < 4.78 is 5.97. The Balaban J connectivity index is 1.39. The van der Waals surface area contributed by atoms with Crippen molar-refractivity contribution < 1.29 is 9.84 Å². The summed E-state index contributed by atoms with van der Waals surface area (Å²) in [6, 6.07) is 8.19. The lowest BCUT2D eigenvalue weighted by atomic mass is 9.99. The minimum atomic E-state index is 0.310. The maximum absolute atomic E-state index is 9.40. The van der Waals surface area contributed by atoms with Gasteiger partial charge >= 0.3 is 0 Å². The Bertz CT molecular complexity index is 811. The molecular formula is C22H30N4O2. The Kier molecular flexibility index (Phi) is 6.07. The molecule has 2 aromatic rings. The molecule has 150 valence electrons. The monoisotopic (exact) mass is 382 g/mol. The van der Waals surface area contributed by atoms with Crippen LogP contribution in [0.2, 0.25) is 0 Å². The van der Waals surface area contributed by atoms with E-state index in [1.807, 2.05) is 25.1 Å². The summed E-state index contributed by atoms with van der Waals surface area (Å²) in [7, 11) is 0. The van der Waals surface area contributed by atoms with E-state index in [-0.39, 0.29) is 0 Å². The van der Waals surface area contributed by atoms with Crippen molar-refractivity contribution in [3.8, 4) is 5.75 Å². The Hall–Kier alpha value is -2.18. The van der Waals surface area contributed by atoms with Crippen LogP contribution in [0.5, 0.6) is 5.75 Å². The molecule has 0 unspecified atom stereocenters. The number of ether oxygens (including phenoxy) is 1. The Labute approximate surface area is 167 Å². The number of anilines is 1. The minimum Gasteiger partial charge on any atom is -0.487 e. The summed E-state index contributed by atoms with van der Waals surface area (Å²) in [6.07, 6.45) is 4.19. The van der Waals surface area contributed by atoms with Gasteiger partial charge in [0, 0.05) is 31.7 Å². The van der Waals surface area contributed by atoms with Crippen molar-refractivity contribution in [2.24, 2.45) is 5.92 Å². The van der Waals surface area contributed by atoms with Gasteiger partial charge in [0.2, 0.25) is 0 Å². The summed E-state index contributed by atoms with van der Waals surface area (Å²) in [4.78, 5) is 11.8. The zero-order valence-electron chi connectivity index (χ0n) is 16.7. The lowest BCUT2D eigenvalue weighted by Crippen LogP contribution is -2.37. The maximum Gasteiger partial charge on any atom is 0.133 e. The lowest BCUT2D eigenvalue weighted by Gasteiger charge is -2.31. The fourth-order valence-electron chi connectivity index (χ4n) is 4.25. The average Bonchev–Trinajstić information content (AvgIpc) is 2.91. The number of likely N-dealkylation sites (tertiary alicyclic amines) is 1. The number of fused-ring (bicyclic) bond motifs is 2. The van der Waals surface area contributed by atoms with E-state index in [0.29, 0.717) is 19.1 Å². The maximum atomic E-state index is 9.40. The summed E-state index contributed by atoms with van der Waals surface area (Å²) in [5.74, 6) is 3.10. The second-order valence-electron chi connectivity index (χ2n) is 7.89. The van der Waals surface area contributed by atoms with E-state index >= 15 is 0 Å². The van der Waals surface area contributed by atoms with E-state index < -0.39 is 0 Å². The molecule has 1 atom stereocenters. The normalized spacial score (nSPS) is 19.3. The highest BCUT2D eigenvalue weighted by Gasteiger charge is 2.21. The van der Waals surface area contributed by atoms with Crippen LogP contribution in [0, 0.1) is 12.8 Å². The fraction of sp³-hybridized carbons (Fsp3) is 0.545. The van der Waals surface area contributed by atoms with Crippen LogP contribution in [0.4, 0.5) is 5.82 Å². The van der Waals surface area contributed by atoms with E-state index in [4.69, 9.17) is 4.74 Å². The third-order valence-corrected chi connectivity index (χ3v) is 5.71. The molecule has 1 aromatic heterocycles. The Morgan fingerprint density at radius 1 is 1.29 bits per heavy atom. The minimum absolute atomic E-state index is 0.310. The van der Waals surface area contributed by atoms with E-state index in [1.165, 1.54) is 12.0 Å². The van der Waals surface area contributed by atoms with Gasteiger partial charge in [-0.15, -0.1) is 0 Å². The van der Waals surface area contributed by atoms with Gasteiger partial charge < -0.3 is 20.1 Å². The molecule has 1 saturated heterocycles. The smallest absolute Gasteiger partial charge is 0.133 e. The van der Waals surface area contributed by atoms with Crippen LogP contribution in [-0.4, -0.2) is 52.8 Å². The van der Waals surface area contributed by atoms with Crippen molar-refractivity contribution in [3.63, 3.8) is 0 Å². The standard InChI is InChI=1S/C22H30N4O2/c1-16-24-20-15-28-21-8-3-2-7-18(21)12-19(20)22(25-16)23-9-5-11-26-10-4-6-17(13-26)14-27/h2-3,7-8,17,27H,4-6,9-15H2,1H3,(H,23,24,25)/t17-/m1/s1. The van der Waals surface area contributed by atoms with Crippen LogP contribution in [0.1, 0.15) is 41.9 Å². The van der Waals surface area contributed by atoms with Crippen LogP contribution in [0.3, 0.4) is 0 Å². The molecule has 2 aliphatic rings. The zero-order valence-corrected chi connectivity index (χ0v) is 16.7. The van der Waals surface area contributed by atoms with Crippen LogP contribution >= 0.6 is 0 Å². The van der Waals surface area contributed by atoms with Gasteiger partial charge in [0.25, 0.3) is 0 Å². The number of nitrogens with one attached hydrogen (secondary N) is 1. The highest BCUT2D eigenvalue weighted by Crippen LogP contribution is 2.30. The molecule has 2 N–H and O–H groups in total. The number of aliphatic hydroxyl groups excluding tert-OH is 1. The third-order valence-electron chi connectivity index (χ3n) is 5.71. The van der Waals surface area contributed by atoms with E-state index in [9.17, 15) is 5.11 Å². The molecular weight excluding hydrogens is 352 g/mol. The van der Waals surface area contributed by atoms with Crippen molar-refractivity contribution in [2.45, 2.75) is 39.2 Å². The quantitative estimate of drug-likeness (QED) is 0.749. The topological polar surface area (TPSA) is 70.5 Å². The second kappa shape index (κ2) is 8.88. The predicted molar refractivity (Wildman–Crippen MR) is 110 cm³/mol. The molecule has 2 aliphatic heterocycles. The molecule has 6 nitrogen and oxygen atoms in total. The summed E-state index contributed by atoms with van der Waals surface area (Å²) >= 11 is 0. The molecule has 0 saturated carbocycles. The van der Waals surface area contributed by atoms with Crippen molar-refractivity contribution in [1.29, 1.82) is 0 Å². The fourth-order valence-corrected chi connectivity index (χ4v) is 4.25. The molecule has 28 heavy (non-hydrogen) atoms. The molecule has 6 heteroatoms. The number of hydrogen-bond donors (Lipinski definition) is 2. The largest absolute Gasteiger partial charge is 0.487 e. The van der Waals surface area contributed by atoms with Gasteiger partial charge in [-0.05, 0) is 56.8 Å². The van der Waals surface area contributed by atoms with Crippen LogP contribution in [-0.2, 0) is 13.0 Å². The number of piperidine rings is 1. The molecule has 0 amide bonds. The number of benzene rings is 1. The van der Waals surface area contributed by atoms with Gasteiger partial charge in [0.1, 0.15) is 24.0 Å². The highest BCUT2D eigenvalue weighted by atomic mass is 16.5. The molecule has 4 rings (SSSR count). The molecule has 1 aromatic carbocycles. The molecule has 0 bridgehead atoms. The first-order valence-electron chi connectivity index (χ1n) is 10.4. The van der Waals surface area contributed by atoms with Crippen LogP contribution in [0.15, 0.2) is 24.3 Å². The predicted octanol–water partition coefficient (Wildman–Crippen LogP) is 2.77. The first-order valence-corrected chi connectivity index (χ1v) is 10.4. The SMILES string of the molecule is Cc1nc2c(c(NCCCN3CCC[C@@H](CO)C3)n1)Cc1ccccc1OC2. The lowest BCUT2D eigenvalue weighted by molar-refractivity contribution is 0.120. The van der Waals surface area contributed by atoms with Crippen molar-refractivity contribution in [3.05, 3.63) is 46.9 Å². The number of nitrogens with zero attached hydrogens (tertiary/aromatic N) is 3. The molecule has 3 heterocycles. The van der Waals surface area contributed by atoms with E-state index in [1.54, 1.807) is 0 Å². The van der Waals surface area contributed by atoms with Crippen molar-refractivity contribution in [1.82, 2.24) is 14.9 Å². The number of para-hydroxylation sites is 1. The van der Waals surface area contributed by atoms with Gasteiger partial charge in [-0.1, -0.05) is 18.2 Å². The summed E-state index contributed by atoms with van der Waals surface area (Å²) in [6.45, 7) is 6.84. The van der Waals surface area contributed by atoms with E-state index in [0.717, 1.165) is 74.1 Å². The van der Waals surface area contributed by atoms with E-state index in [2.05, 4.69) is 26.3 Å². The molecule has 0 radical (unpaired) electrons. The molecule has 0 spiro atoms. The van der Waals surface area contributed by atoms with Gasteiger partial charge in [0.05, 0.1) is 5.69 Å². The number of aromatic nitrogens is 2. The first kappa shape index (κ1) is 19.2. The third kappa shape index (κ3) is 4.45. The number of aryl methyl sites for hydroxylation is 1. The zero-order chi connectivity index (χ0) is 19.3. The number of rotatable bonds is 6. The Morgan fingerprint density at radius 2 is 2.18 bits per heavy atom. The van der Waals surface area contributed by atoms with Gasteiger partial charge in [-0.3, -0.25) is 0 Å². The van der Waals surface area contributed by atoms with Gasteiger partial charge in [0.15, 0.2) is 0 Å². The van der Waals surface area contributed by atoms with Crippen LogP contribution in [0.25, 0.3) is 0 Å². The number of hydrogen-bond acceptors (Lipinski definition) is 6. The average molecular weight is 383 g/mol. The second-order valence-corrected chi connectivity index (χ2v) is 7.89. The van der Waals surface area contributed by atoms with Crippen LogP contribution < -0.4 is 10.1 Å². The van der Waals surface area contributed by atoms with Gasteiger partial charge in [-0.2, -0.15) is 0 Å². The van der Waals surface area contributed by atoms with Gasteiger partial charge in [-0.25, -0.2) is 9.97 Å². The summed E-state index contributed by atoms with van der Waals surface area (Å²) in [5, 5.41) is 13.0. The van der Waals surface area contributed by atoms with Crippen molar-refractivity contribution in [2.75, 3.05) is 38.1 Å². The van der Waals surface area contributed by atoms with Crippen molar-refractivity contribution >= 4 is 5.82 Å². The first-order chi connectivity index (χ1) is 13.7. The Morgan fingerprint density at radius 3 is 3.07 bits per heavy atom.